The van der Waals surface area contributed by atoms with E-state index >= 15 is 0 Å². The highest BCUT2D eigenvalue weighted by Gasteiger charge is 2.49. The summed E-state index contributed by atoms with van der Waals surface area (Å²) in [6, 6.07) is 11.1. The molecule has 30 heavy (non-hydrogen) atoms. The van der Waals surface area contributed by atoms with Gasteiger partial charge in [-0.1, -0.05) is 30.3 Å². The predicted molar refractivity (Wildman–Crippen MR) is 105 cm³/mol. The number of nitrogens with zero attached hydrogens (tertiary/aromatic N) is 1. The lowest BCUT2D eigenvalue weighted by Gasteiger charge is -2.22. The van der Waals surface area contributed by atoms with Gasteiger partial charge in [-0.3, -0.25) is 19.3 Å². The molecule has 0 radical (unpaired) electrons. The smallest absolute Gasteiger partial charge is 0.325 e. The topological polar surface area (TPSA) is 114 Å². The van der Waals surface area contributed by atoms with Gasteiger partial charge in [-0.2, -0.15) is 0 Å². The van der Waals surface area contributed by atoms with Crippen LogP contribution in [-0.4, -0.2) is 41.9 Å². The van der Waals surface area contributed by atoms with Crippen LogP contribution in [0.3, 0.4) is 0 Å². The third-order valence-electron chi connectivity index (χ3n) is 5.09. The molecule has 0 spiro atoms. The Hall–Kier alpha value is -3.88. The Morgan fingerprint density at radius 1 is 1.13 bits per heavy atom. The van der Waals surface area contributed by atoms with Crippen molar-refractivity contribution in [2.24, 2.45) is 0 Å². The molecule has 9 nitrogen and oxygen atoms in total. The fraction of sp³-hybridized carbons (Fsp3) is 0.238. The van der Waals surface area contributed by atoms with Crippen molar-refractivity contribution in [2.75, 3.05) is 18.7 Å². The van der Waals surface area contributed by atoms with Crippen molar-refractivity contribution in [2.45, 2.75) is 19.4 Å². The number of anilines is 1. The summed E-state index contributed by atoms with van der Waals surface area (Å²) in [5.74, 6) is -0.647. The summed E-state index contributed by atoms with van der Waals surface area (Å²) < 4.78 is 10.5. The Morgan fingerprint density at radius 2 is 1.80 bits per heavy atom. The first-order valence-corrected chi connectivity index (χ1v) is 9.23. The average Bonchev–Trinajstić information content (AvgIpc) is 3.26. The Labute approximate surface area is 171 Å². The van der Waals surface area contributed by atoms with Crippen molar-refractivity contribution in [3.63, 3.8) is 0 Å². The second kappa shape index (κ2) is 7.18. The van der Waals surface area contributed by atoms with E-state index in [1.807, 2.05) is 0 Å². The van der Waals surface area contributed by atoms with Crippen LogP contribution in [0.5, 0.6) is 11.5 Å². The lowest BCUT2D eigenvalue weighted by molar-refractivity contribution is -0.133. The number of carbonyl (C=O) groups excluding carboxylic acids is 4. The summed E-state index contributed by atoms with van der Waals surface area (Å²) in [6.45, 7) is 2.46. The van der Waals surface area contributed by atoms with Gasteiger partial charge in [0.1, 0.15) is 12.1 Å². The fourth-order valence-corrected chi connectivity index (χ4v) is 3.48. The van der Waals surface area contributed by atoms with Gasteiger partial charge >= 0.3 is 6.03 Å². The monoisotopic (exact) mass is 409 g/mol. The molecule has 1 atom stereocenters. The molecular formula is C21H19N3O6. The molecule has 2 aliphatic rings. The van der Waals surface area contributed by atoms with Crippen molar-refractivity contribution < 1.29 is 28.7 Å². The van der Waals surface area contributed by atoms with Crippen molar-refractivity contribution in [1.82, 2.24) is 10.2 Å². The van der Waals surface area contributed by atoms with Gasteiger partial charge in [-0.05, 0) is 25.5 Å². The van der Waals surface area contributed by atoms with Gasteiger partial charge in [0, 0.05) is 11.6 Å². The maximum Gasteiger partial charge on any atom is 0.325 e. The number of nitrogens with one attached hydrogen (secondary N) is 2. The lowest BCUT2D eigenvalue weighted by Crippen LogP contribution is -2.42. The zero-order valence-electron chi connectivity index (χ0n) is 16.4. The molecule has 4 amide bonds. The molecule has 2 N–H and O–H groups in total. The molecule has 0 unspecified atom stereocenters. The van der Waals surface area contributed by atoms with Crippen LogP contribution < -0.4 is 20.1 Å². The normalized spacial score (nSPS) is 19.6. The Kier molecular flexibility index (Phi) is 4.65. The number of fused-ring (bicyclic) bond motifs is 1. The van der Waals surface area contributed by atoms with Crippen LogP contribution in [0.4, 0.5) is 10.5 Å². The van der Waals surface area contributed by atoms with Gasteiger partial charge in [0.25, 0.3) is 5.91 Å². The van der Waals surface area contributed by atoms with Crippen molar-refractivity contribution >= 4 is 29.3 Å². The molecule has 1 saturated heterocycles. The first-order valence-electron chi connectivity index (χ1n) is 9.23. The third kappa shape index (κ3) is 3.24. The number of Topliss-reactive ketones (excluding diaryl/α,β-unsaturated/α-hetero) is 1. The zero-order chi connectivity index (χ0) is 21.5. The molecule has 0 bridgehead atoms. The quantitative estimate of drug-likeness (QED) is 0.577. The Bertz CT molecular complexity index is 1070. The number of carbonyl (C=O) groups is 4. The maximum atomic E-state index is 12.9. The average molecular weight is 409 g/mol. The molecule has 2 aromatic carbocycles. The van der Waals surface area contributed by atoms with E-state index in [4.69, 9.17) is 9.47 Å². The SMILES string of the molecule is CC(=O)c1cc2c(cc1NC(=O)CN1C(=O)N[C@](C)(c3ccccc3)C1=O)OCO2. The first-order chi connectivity index (χ1) is 14.3. The van der Waals surface area contributed by atoms with E-state index in [9.17, 15) is 19.2 Å². The summed E-state index contributed by atoms with van der Waals surface area (Å²) in [7, 11) is 0. The molecule has 0 aliphatic carbocycles. The van der Waals surface area contributed by atoms with Crippen molar-refractivity contribution in [3.8, 4) is 11.5 Å². The third-order valence-corrected chi connectivity index (χ3v) is 5.09. The van der Waals surface area contributed by atoms with E-state index in [2.05, 4.69) is 10.6 Å². The number of amides is 4. The molecule has 0 saturated carbocycles. The van der Waals surface area contributed by atoms with E-state index in [0.29, 0.717) is 17.1 Å². The fourth-order valence-electron chi connectivity index (χ4n) is 3.48. The standard InChI is InChI=1S/C21H19N3O6/c1-12(25)14-8-16-17(30-11-29-16)9-15(14)22-18(26)10-24-19(27)21(2,23-20(24)28)13-6-4-3-5-7-13/h3-9H,10-11H2,1-2H3,(H,22,26)(H,23,28)/t21-/m1/s1. The minimum atomic E-state index is -1.26. The van der Waals surface area contributed by atoms with Crippen LogP contribution >= 0.6 is 0 Å². The van der Waals surface area contributed by atoms with E-state index in [-0.39, 0.29) is 23.8 Å². The highest BCUT2D eigenvalue weighted by molar-refractivity contribution is 6.11. The number of hydrogen-bond donors (Lipinski definition) is 2. The number of benzene rings is 2. The van der Waals surface area contributed by atoms with Gasteiger partial charge in [0.05, 0.1) is 5.69 Å². The first kappa shape index (κ1) is 19.4. The van der Waals surface area contributed by atoms with Gasteiger partial charge in [-0.15, -0.1) is 0 Å². The lowest BCUT2D eigenvalue weighted by atomic mass is 9.92. The second-order valence-electron chi connectivity index (χ2n) is 7.17. The van der Waals surface area contributed by atoms with Crippen molar-refractivity contribution in [1.29, 1.82) is 0 Å². The van der Waals surface area contributed by atoms with Crippen molar-refractivity contribution in [3.05, 3.63) is 53.6 Å². The molecule has 1 fully saturated rings. The van der Waals surface area contributed by atoms with E-state index in [1.165, 1.54) is 19.1 Å². The number of hydrogen-bond acceptors (Lipinski definition) is 6. The van der Waals surface area contributed by atoms with E-state index in [1.54, 1.807) is 37.3 Å². The van der Waals surface area contributed by atoms with Gasteiger partial charge in [0.15, 0.2) is 17.3 Å². The minimum absolute atomic E-state index is 0.0184. The molecule has 4 rings (SSSR count). The van der Waals surface area contributed by atoms with Crippen LogP contribution in [0, 0.1) is 0 Å². The minimum Gasteiger partial charge on any atom is -0.454 e. The summed E-state index contributed by atoms with van der Waals surface area (Å²) >= 11 is 0. The number of urea groups is 1. The van der Waals surface area contributed by atoms with Crippen LogP contribution in [0.15, 0.2) is 42.5 Å². The molecular weight excluding hydrogens is 390 g/mol. The summed E-state index contributed by atoms with van der Waals surface area (Å²) in [4.78, 5) is 50.8. The zero-order valence-corrected chi connectivity index (χ0v) is 16.4. The van der Waals surface area contributed by atoms with Gasteiger partial charge in [0.2, 0.25) is 12.7 Å². The maximum absolute atomic E-state index is 12.9. The molecule has 154 valence electrons. The van der Waals surface area contributed by atoms with Crippen LogP contribution in [0.25, 0.3) is 0 Å². The Morgan fingerprint density at radius 3 is 2.47 bits per heavy atom. The summed E-state index contributed by atoms with van der Waals surface area (Å²) in [6.07, 6.45) is 0. The molecule has 2 aromatic rings. The van der Waals surface area contributed by atoms with Gasteiger partial charge < -0.3 is 20.1 Å². The van der Waals surface area contributed by atoms with Crippen LogP contribution in [0.2, 0.25) is 0 Å². The van der Waals surface area contributed by atoms with E-state index in [0.717, 1.165) is 4.90 Å². The molecule has 9 heteroatoms. The highest BCUT2D eigenvalue weighted by atomic mass is 16.7. The predicted octanol–water partition coefficient (Wildman–Crippen LogP) is 2.02. The van der Waals surface area contributed by atoms with Crippen LogP contribution in [-0.2, 0) is 15.1 Å². The number of rotatable bonds is 5. The summed E-state index contributed by atoms with van der Waals surface area (Å²) in [5, 5.41) is 5.23. The van der Waals surface area contributed by atoms with Gasteiger partial charge in [-0.25, -0.2) is 4.79 Å². The number of imide groups is 1. The summed E-state index contributed by atoms with van der Waals surface area (Å²) in [5.41, 5.74) is -0.198. The molecule has 0 aromatic heterocycles. The number of ketones is 1. The largest absolute Gasteiger partial charge is 0.454 e. The molecule has 2 heterocycles. The van der Waals surface area contributed by atoms with Crippen LogP contribution in [0.1, 0.15) is 29.8 Å². The number of ether oxygens (including phenoxy) is 2. The molecule has 2 aliphatic heterocycles. The Balaban J connectivity index is 1.53. The highest BCUT2D eigenvalue weighted by Crippen LogP contribution is 2.37. The van der Waals surface area contributed by atoms with E-state index < -0.39 is 29.9 Å². The second-order valence-corrected chi connectivity index (χ2v) is 7.17.